The zero-order valence-electron chi connectivity index (χ0n) is 13.7. The Labute approximate surface area is 148 Å². The molecule has 9 nitrogen and oxygen atoms in total. The highest BCUT2D eigenvalue weighted by molar-refractivity contribution is 5.98. The lowest BCUT2D eigenvalue weighted by molar-refractivity contribution is -0.384. The van der Waals surface area contributed by atoms with Crippen LogP contribution in [0.5, 0.6) is 0 Å². The number of likely N-dealkylation sites (tertiary alicyclic amines) is 1. The molecule has 1 aromatic heterocycles. The van der Waals surface area contributed by atoms with Gasteiger partial charge in [0.15, 0.2) is 0 Å². The summed E-state index contributed by atoms with van der Waals surface area (Å²) in [5.74, 6) is -0.233. The maximum atomic E-state index is 12.6. The maximum Gasteiger partial charge on any atom is 0.269 e. The van der Waals surface area contributed by atoms with Gasteiger partial charge in [-0.3, -0.25) is 19.7 Å². The van der Waals surface area contributed by atoms with Crippen LogP contribution in [-0.2, 0) is 4.79 Å². The van der Waals surface area contributed by atoms with Crippen molar-refractivity contribution in [1.29, 1.82) is 0 Å². The highest BCUT2D eigenvalue weighted by Gasteiger charge is 2.34. The average molecular weight is 356 g/mol. The van der Waals surface area contributed by atoms with Gasteiger partial charge in [-0.25, -0.2) is 5.43 Å². The van der Waals surface area contributed by atoms with Crippen LogP contribution < -0.4 is 5.43 Å². The van der Waals surface area contributed by atoms with Crippen LogP contribution in [0.25, 0.3) is 0 Å². The van der Waals surface area contributed by atoms with Crippen LogP contribution in [0.1, 0.15) is 29.0 Å². The molecular formula is C17H16N4O5. The predicted molar refractivity (Wildman–Crippen MR) is 91.6 cm³/mol. The first kappa shape index (κ1) is 17.3. The quantitative estimate of drug-likeness (QED) is 0.499. The average Bonchev–Trinajstić information content (AvgIpc) is 3.33. The fraction of sp³-hybridized carbons (Fsp3) is 0.235. The molecule has 26 heavy (non-hydrogen) atoms. The van der Waals surface area contributed by atoms with E-state index in [0.717, 1.165) is 0 Å². The summed E-state index contributed by atoms with van der Waals surface area (Å²) in [6.07, 6.45) is 4.08. The number of nitrogens with zero attached hydrogens (tertiary/aromatic N) is 3. The molecule has 1 fully saturated rings. The smallest absolute Gasteiger partial charge is 0.269 e. The monoisotopic (exact) mass is 356 g/mol. The summed E-state index contributed by atoms with van der Waals surface area (Å²) in [6, 6.07) is 8.08. The number of rotatable bonds is 5. The number of nitro groups is 1. The van der Waals surface area contributed by atoms with Crippen LogP contribution in [0.4, 0.5) is 5.69 Å². The standard InChI is InChI=1S/C17H16N4O5/c22-16(19-18-11-14-3-2-10-26-14)15-4-1-9-20(15)17(23)12-5-7-13(8-6-12)21(24)25/h2-3,5-8,10-11,15H,1,4,9H2,(H,19,22). The number of amides is 2. The van der Waals surface area contributed by atoms with Crippen LogP contribution in [-0.4, -0.2) is 40.4 Å². The second-order valence-electron chi connectivity index (χ2n) is 5.71. The fourth-order valence-corrected chi connectivity index (χ4v) is 2.77. The van der Waals surface area contributed by atoms with Gasteiger partial charge in [0.25, 0.3) is 17.5 Å². The van der Waals surface area contributed by atoms with E-state index in [0.29, 0.717) is 30.7 Å². The Morgan fingerprint density at radius 1 is 1.31 bits per heavy atom. The molecule has 9 heteroatoms. The molecule has 1 aliphatic rings. The van der Waals surface area contributed by atoms with E-state index < -0.39 is 11.0 Å². The van der Waals surface area contributed by atoms with E-state index in [9.17, 15) is 19.7 Å². The lowest BCUT2D eigenvalue weighted by Crippen LogP contribution is -2.44. The third-order valence-electron chi connectivity index (χ3n) is 4.05. The summed E-state index contributed by atoms with van der Waals surface area (Å²) >= 11 is 0. The van der Waals surface area contributed by atoms with Crippen LogP contribution in [0, 0.1) is 10.1 Å². The number of non-ortho nitro benzene ring substituents is 1. The van der Waals surface area contributed by atoms with Gasteiger partial charge in [-0.1, -0.05) is 0 Å². The molecular weight excluding hydrogens is 340 g/mol. The molecule has 0 spiro atoms. The Morgan fingerprint density at radius 3 is 2.73 bits per heavy atom. The number of benzene rings is 1. The number of hydrazone groups is 1. The molecule has 2 aromatic rings. The molecule has 134 valence electrons. The number of nitrogens with one attached hydrogen (secondary N) is 1. The summed E-state index contributed by atoms with van der Waals surface area (Å²) in [7, 11) is 0. The van der Waals surface area contributed by atoms with Gasteiger partial charge in [-0.2, -0.15) is 5.10 Å². The highest BCUT2D eigenvalue weighted by atomic mass is 16.6. The Bertz CT molecular complexity index is 829. The largest absolute Gasteiger partial charge is 0.463 e. The molecule has 0 aliphatic carbocycles. The van der Waals surface area contributed by atoms with Crippen molar-refractivity contribution in [3.63, 3.8) is 0 Å². The van der Waals surface area contributed by atoms with E-state index in [4.69, 9.17) is 4.42 Å². The molecule has 1 unspecified atom stereocenters. The Hall–Kier alpha value is -3.49. The zero-order chi connectivity index (χ0) is 18.5. The number of hydrogen-bond donors (Lipinski definition) is 1. The van der Waals surface area contributed by atoms with Crippen molar-refractivity contribution in [3.05, 3.63) is 64.1 Å². The predicted octanol–water partition coefficient (Wildman–Crippen LogP) is 1.94. The van der Waals surface area contributed by atoms with Crippen LogP contribution in [0.2, 0.25) is 0 Å². The van der Waals surface area contributed by atoms with Gasteiger partial charge in [0.1, 0.15) is 11.8 Å². The van der Waals surface area contributed by atoms with E-state index in [2.05, 4.69) is 10.5 Å². The van der Waals surface area contributed by atoms with Crippen molar-refractivity contribution in [1.82, 2.24) is 10.3 Å². The molecule has 0 bridgehead atoms. The molecule has 1 atom stereocenters. The fourth-order valence-electron chi connectivity index (χ4n) is 2.77. The van der Waals surface area contributed by atoms with Crippen molar-refractivity contribution < 1.29 is 18.9 Å². The van der Waals surface area contributed by atoms with Crippen LogP contribution in [0.3, 0.4) is 0 Å². The first-order chi connectivity index (χ1) is 12.6. The Kier molecular flexibility index (Phi) is 5.07. The molecule has 1 aromatic carbocycles. The third kappa shape index (κ3) is 3.77. The van der Waals surface area contributed by atoms with E-state index in [-0.39, 0.29) is 17.5 Å². The molecule has 1 aliphatic heterocycles. The summed E-state index contributed by atoms with van der Waals surface area (Å²) in [5, 5.41) is 14.5. The lowest BCUT2D eigenvalue weighted by Gasteiger charge is -2.23. The van der Waals surface area contributed by atoms with Gasteiger partial charge in [-0.15, -0.1) is 0 Å². The van der Waals surface area contributed by atoms with Crippen molar-refractivity contribution in [2.24, 2.45) is 5.10 Å². The SMILES string of the molecule is O=C(NN=Cc1ccco1)C1CCCN1C(=O)c1ccc([N+](=O)[O-])cc1. The first-order valence-corrected chi connectivity index (χ1v) is 7.98. The van der Waals surface area contributed by atoms with Gasteiger partial charge < -0.3 is 9.32 Å². The molecule has 1 saturated heterocycles. The normalized spacial score (nSPS) is 16.8. The van der Waals surface area contributed by atoms with E-state index in [1.54, 1.807) is 12.1 Å². The summed E-state index contributed by atoms with van der Waals surface area (Å²) in [5.41, 5.74) is 2.62. The molecule has 2 amide bonds. The second-order valence-corrected chi connectivity index (χ2v) is 5.71. The number of furan rings is 1. The zero-order valence-corrected chi connectivity index (χ0v) is 13.7. The van der Waals surface area contributed by atoms with Gasteiger partial charge >= 0.3 is 0 Å². The number of carbonyl (C=O) groups is 2. The summed E-state index contributed by atoms with van der Waals surface area (Å²) in [6.45, 7) is 0.440. The molecule has 0 saturated carbocycles. The molecule has 3 rings (SSSR count). The van der Waals surface area contributed by atoms with Crippen LogP contribution in [0.15, 0.2) is 52.2 Å². The minimum absolute atomic E-state index is 0.0930. The highest BCUT2D eigenvalue weighted by Crippen LogP contribution is 2.21. The maximum absolute atomic E-state index is 12.6. The minimum Gasteiger partial charge on any atom is -0.463 e. The Balaban J connectivity index is 1.65. The topological polar surface area (TPSA) is 118 Å². The van der Waals surface area contributed by atoms with Crippen molar-refractivity contribution in [2.45, 2.75) is 18.9 Å². The van der Waals surface area contributed by atoms with Gasteiger partial charge in [-0.05, 0) is 37.1 Å². The molecule has 0 radical (unpaired) electrons. The van der Waals surface area contributed by atoms with Crippen molar-refractivity contribution in [3.8, 4) is 0 Å². The third-order valence-corrected chi connectivity index (χ3v) is 4.05. The summed E-state index contributed by atoms with van der Waals surface area (Å²) in [4.78, 5) is 36.6. The van der Waals surface area contributed by atoms with Gasteiger partial charge in [0, 0.05) is 24.2 Å². The molecule has 1 N–H and O–H groups in total. The van der Waals surface area contributed by atoms with Crippen molar-refractivity contribution >= 4 is 23.7 Å². The minimum atomic E-state index is -0.633. The van der Waals surface area contributed by atoms with E-state index in [1.165, 1.54) is 41.6 Å². The first-order valence-electron chi connectivity index (χ1n) is 7.98. The van der Waals surface area contributed by atoms with Crippen LogP contribution >= 0.6 is 0 Å². The van der Waals surface area contributed by atoms with Gasteiger partial charge in [0.2, 0.25) is 0 Å². The number of nitro benzene ring substituents is 1. The number of hydrogen-bond acceptors (Lipinski definition) is 6. The van der Waals surface area contributed by atoms with E-state index in [1.807, 2.05) is 0 Å². The number of carbonyl (C=O) groups excluding carboxylic acids is 2. The molecule has 2 heterocycles. The summed E-state index contributed by atoms with van der Waals surface area (Å²) < 4.78 is 5.07. The van der Waals surface area contributed by atoms with E-state index >= 15 is 0 Å². The second kappa shape index (κ2) is 7.60. The Morgan fingerprint density at radius 2 is 2.08 bits per heavy atom. The van der Waals surface area contributed by atoms with Crippen molar-refractivity contribution in [2.75, 3.05) is 6.54 Å². The lowest BCUT2D eigenvalue weighted by atomic mass is 10.1. The van der Waals surface area contributed by atoms with Gasteiger partial charge in [0.05, 0.1) is 17.4 Å².